The summed E-state index contributed by atoms with van der Waals surface area (Å²) in [5, 5.41) is 0. The van der Waals surface area contributed by atoms with Gasteiger partial charge in [0.05, 0.1) is 10.9 Å². The van der Waals surface area contributed by atoms with Crippen LogP contribution in [-0.4, -0.2) is 31.8 Å². The second kappa shape index (κ2) is 7.05. The molecule has 1 saturated carbocycles. The second-order valence-electron chi connectivity index (χ2n) is 7.13. The summed E-state index contributed by atoms with van der Waals surface area (Å²) >= 11 is 0. The molecule has 1 unspecified atom stereocenters. The number of benzene rings is 2. The van der Waals surface area contributed by atoms with Crippen LogP contribution in [0.2, 0.25) is 0 Å². The second-order valence-corrected chi connectivity index (χ2v) is 8.84. The Bertz CT molecular complexity index is 938. The van der Waals surface area contributed by atoms with Gasteiger partial charge in [-0.25, -0.2) is 17.5 Å². The van der Waals surface area contributed by atoms with Gasteiger partial charge in [-0.2, -0.15) is 0 Å². The van der Waals surface area contributed by atoms with E-state index in [1.165, 1.54) is 24.3 Å². The molecule has 0 spiro atoms. The van der Waals surface area contributed by atoms with Gasteiger partial charge in [-0.15, -0.1) is 0 Å². The zero-order chi connectivity index (χ0) is 19.0. The zero-order valence-corrected chi connectivity index (χ0v) is 15.6. The Hall–Kier alpha value is -2.25. The van der Waals surface area contributed by atoms with Gasteiger partial charge in [0, 0.05) is 18.2 Å². The first-order chi connectivity index (χ1) is 12.9. The molecule has 1 saturated heterocycles. The summed E-state index contributed by atoms with van der Waals surface area (Å²) in [4.78, 5) is 14.9. The standard InChI is InChI=1S/C20H21FN2O3S/c21-16-7-3-14(4-8-16)19-2-1-13-23(19)20(24)15-5-11-18(12-6-15)27(25,26)22-17-9-10-17/h3-8,11-12,17,19,22H,1-2,9-10,13H2. The Balaban J connectivity index is 1.52. The van der Waals surface area contributed by atoms with Crippen LogP contribution in [0.1, 0.15) is 47.6 Å². The molecular formula is C20H21FN2O3S. The van der Waals surface area contributed by atoms with Crippen LogP contribution in [0.3, 0.4) is 0 Å². The van der Waals surface area contributed by atoms with Gasteiger partial charge in [0.15, 0.2) is 0 Å². The highest BCUT2D eigenvalue weighted by Crippen LogP contribution is 2.33. The molecular weight excluding hydrogens is 367 g/mol. The van der Waals surface area contributed by atoms with Crippen LogP contribution in [0, 0.1) is 5.82 Å². The number of halogens is 1. The highest BCUT2D eigenvalue weighted by molar-refractivity contribution is 7.89. The molecule has 2 aromatic carbocycles. The van der Waals surface area contributed by atoms with E-state index >= 15 is 0 Å². The topological polar surface area (TPSA) is 66.5 Å². The number of carbonyl (C=O) groups is 1. The molecule has 27 heavy (non-hydrogen) atoms. The van der Waals surface area contributed by atoms with Gasteiger partial charge in [0.25, 0.3) is 5.91 Å². The number of nitrogens with one attached hydrogen (secondary N) is 1. The number of hydrogen-bond acceptors (Lipinski definition) is 3. The van der Waals surface area contributed by atoms with Gasteiger partial charge in [-0.05, 0) is 67.6 Å². The van der Waals surface area contributed by atoms with Crippen molar-refractivity contribution in [1.82, 2.24) is 9.62 Å². The lowest BCUT2D eigenvalue weighted by Crippen LogP contribution is -2.30. The Morgan fingerprint density at radius 3 is 2.30 bits per heavy atom. The highest BCUT2D eigenvalue weighted by atomic mass is 32.2. The fourth-order valence-electron chi connectivity index (χ4n) is 3.47. The van der Waals surface area contributed by atoms with Crippen molar-refractivity contribution in [2.75, 3.05) is 6.54 Å². The maximum absolute atomic E-state index is 13.2. The molecule has 7 heteroatoms. The summed E-state index contributed by atoms with van der Waals surface area (Å²) in [7, 11) is -3.53. The summed E-state index contributed by atoms with van der Waals surface area (Å²) in [6, 6.07) is 12.3. The molecule has 1 amide bonds. The lowest BCUT2D eigenvalue weighted by molar-refractivity contribution is 0.0735. The van der Waals surface area contributed by atoms with E-state index in [2.05, 4.69) is 4.72 Å². The molecule has 0 bridgehead atoms. The molecule has 0 aromatic heterocycles. The third-order valence-electron chi connectivity index (χ3n) is 5.08. The number of nitrogens with zero attached hydrogens (tertiary/aromatic N) is 1. The van der Waals surface area contributed by atoms with Gasteiger partial charge in [0.2, 0.25) is 10.0 Å². The van der Waals surface area contributed by atoms with Crippen LogP contribution in [0.15, 0.2) is 53.4 Å². The quantitative estimate of drug-likeness (QED) is 0.855. The molecule has 4 rings (SSSR count). The van der Waals surface area contributed by atoms with Gasteiger partial charge in [-0.1, -0.05) is 12.1 Å². The normalized spacial score (nSPS) is 20.0. The number of likely N-dealkylation sites (tertiary alicyclic amines) is 1. The largest absolute Gasteiger partial charge is 0.332 e. The molecule has 1 atom stereocenters. The van der Waals surface area contributed by atoms with E-state index in [1.807, 2.05) is 0 Å². The first-order valence-corrected chi connectivity index (χ1v) is 10.6. The van der Waals surface area contributed by atoms with Gasteiger partial charge in [-0.3, -0.25) is 4.79 Å². The van der Waals surface area contributed by atoms with Crippen molar-refractivity contribution in [1.29, 1.82) is 0 Å². The summed E-state index contributed by atoms with van der Waals surface area (Å²) in [6.45, 7) is 0.629. The number of hydrogen-bond donors (Lipinski definition) is 1. The average Bonchev–Trinajstić information content (AvgIpc) is 3.32. The molecule has 2 fully saturated rings. The Kier molecular flexibility index (Phi) is 4.74. The van der Waals surface area contributed by atoms with E-state index in [1.54, 1.807) is 29.2 Å². The minimum atomic E-state index is -3.53. The SMILES string of the molecule is O=C(c1ccc(S(=O)(=O)NC2CC2)cc1)N1CCCC1c1ccc(F)cc1. The van der Waals surface area contributed by atoms with E-state index in [0.29, 0.717) is 12.1 Å². The summed E-state index contributed by atoms with van der Waals surface area (Å²) in [6.07, 6.45) is 3.45. The van der Waals surface area contributed by atoms with Gasteiger partial charge >= 0.3 is 0 Å². The lowest BCUT2D eigenvalue weighted by Gasteiger charge is -2.25. The molecule has 1 aliphatic carbocycles. The predicted molar refractivity (Wildman–Crippen MR) is 99.2 cm³/mol. The summed E-state index contributed by atoms with van der Waals surface area (Å²) < 4.78 is 40.3. The molecule has 2 aliphatic rings. The van der Waals surface area contributed by atoms with E-state index in [-0.39, 0.29) is 28.7 Å². The van der Waals surface area contributed by atoms with Crippen LogP contribution in [0.4, 0.5) is 4.39 Å². The van der Waals surface area contributed by atoms with Crippen molar-refractivity contribution >= 4 is 15.9 Å². The monoisotopic (exact) mass is 388 g/mol. The first kappa shape index (κ1) is 18.1. The number of rotatable bonds is 5. The van der Waals surface area contributed by atoms with Crippen molar-refractivity contribution in [2.45, 2.75) is 42.7 Å². The van der Waals surface area contributed by atoms with Crippen molar-refractivity contribution in [3.8, 4) is 0 Å². The molecule has 2 aromatic rings. The number of sulfonamides is 1. The Morgan fingerprint density at radius 1 is 1.00 bits per heavy atom. The van der Waals surface area contributed by atoms with Crippen molar-refractivity contribution in [3.63, 3.8) is 0 Å². The van der Waals surface area contributed by atoms with E-state index in [9.17, 15) is 17.6 Å². The van der Waals surface area contributed by atoms with Crippen LogP contribution >= 0.6 is 0 Å². The van der Waals surface area contributed by atoms with Crippen molar-refractivity contribution in [2.24, 2.45) is 0 Å². The summed E-state index contributed by atoms with van der Waals surface area (Å²) in [5.41, 5.74) is 1.37. The highest BCUT2D eigenvalue weighted by Gasteiger charge is 2.31. The smallest absolute Gasteiger partial charge is 0.254 e. The fourth-order valence-corrected chi connectivity index (χ4v) is 4.78. The van der Waals surface area contributed by atoms with E-state index in [0.717, 1.165) is 31.2 Å². The van der Waals surface area contributed by atoms with E-state index < -0.39 is 10.0 Å². The summed E-state index contributed by atoms with van der Waals surface area (Å²) in [5.74, 6) is -0.438. The Labute approximate surface area is 158 Å². The third-order valence-corrected chi connectivity index (χ3v) is 6.62. The first-order valence-electron chi connectivity index (χ1n) is 9.13. The van der Waals surface area contributed by atoms with Crippen molar-refractivity contribution < 1.29 is 17.6 Å². The number of carbonyl (C=O) groups excluding carboxylic acids is 1. The number of amides is 1. The van der Waals surface area contributed by atoms with Crippen molar-refractivity contribution in [3.05, 3.63) is 65.5 Å². The Morgan fingerprint density at radius 2 is 1.67 bits per heavy atom. The van der Waals surface area contributed by atoms with Gasteiger partial charge < -0.3 is 4.90 Å². The fraction of sp³-hybridized carbons (Fsp3) is 0.350. The van der Waals surface area contributed by atoms with Crippen LogP contribution < -0.4 is 4.72 Å². The molecule has 1 heterocycles. The maximum Gasteiger partial charge on any atom is 0.254 e. The van der Waals surface area contributed by atoms with Crippen LogP contribution in [0.25, 0.3) is 0 Å². The average molecular weight is 388 g/mol. The predicted octanol–water partition coefficient (Wildman–Crippen LogP) is 3.24. The zero-order valence-electron chi connectivity index (χ0n) is 14.8. The van der Waals surface area contributed by atoms with Gasteiger partial charge in [0.1, 0.15) is 5.82 Å². The minimum absolute atomic E-state index is 0.0392. The van der Waals surface area contributed by atoms with E-state index in [4.69, 9.17) is 0 Å². The maximum atomic E-state index is 13.2. The molecule has 142 valence electrons. The van der Waals surface area contributed by atoms with Crippen LogP contribution in [-0.2, 0) is 10.0 Å². The molecule has 0 radical (unpaired) electrons. The molecule has 5 nitrogen and oxygen atoms in total. The lowest BCUT2D eigenvalue weighted by atomic mass is 10.0. The third kappa shape index (κ3) is 3.89. The van der Waals surface area contributed by atoms with Crippen LogP contribution in [0.5, 0.6) is 0 Å². The molecule has 1 N–H and O–H groups in total. The minimum Gasteiger partial charge on any atom is -0.332 e. The molecule has 1 aliphatic heterocycles.